The Morgan fingerprint density at radius 3 is 3.21 bits per heavy atom. The van der Waals surface area contributed by atoms with Crippen LogP contribution < -0.4 is 10.9 Å². The van der Waals surface area contributed by atoms with Crippen LogP contribution in [0.25, 0.3) is 5.65 Å². The third-order valence-corrected chi connectivity index (χ3v) is 3.96. The van der Waals surface area contributed by atoms with E-state index in [1.807, 2.05) is 6.92 Å². The molecule has 8 heteroatoms. The summed E-state index contributed by atoms with van der Waals surface area (Å²) in [6.45, 7) is 3.32. The van der Waals surface area contributed by atoms with Gasteiger partial charge in [0.1, 0.15) is 11.7 Å². The van der Waals surface area contributed by atoms with Crippen molar-refractivity contribution in [2.24, 2.45) is 0 Å². The van der Waals surface area contributed by atoms with Gasteiger partial charge in [-0.25, -0.2) is 4.98 Å². The summed E-state index contributed by atoms with van der Waals surface area (Å²) in [4.78, 5) is 29.0. The van der Waals surface area contributed by atoms with Crippen LogP contribution in [0, 0.1) is 0 Å². The van der Waals surface area contributed by atoms with Gasteiger partial charge in [0.2, 0.25) is 0 Å². The highest BCUT2D eigenvalue weighted by Gasteiger charge is 2.28. The van der Waals surface area contributed by atoms with E-state index in [4.69, 9.17) is 9.47 Å². The van der Waals surface area contributed by atoms with Crippen LogP contribution in [0.5, 0.6) is 5.75 Å². The Kier molecular flexibility index (Phi) is 4.77. The van der Waals surface area contributed by atoms with Crippen molar-refractivity contribution in [2.45, 2.75) is 25.5 Å². The maximum Gasteiger partial charge on any atom is 0.270 e. The molecule has 1 saturated heterocycles. The molecule has 8 nitrogen and oxygen atoms in total. The number of carbonyl (C=O) groups is 1. The van der Waals surface area contributed by atoms with Crippen molar-refractivity contribution in [3.05, 3.63) is 40.4 Å². The molecule has 2 aromatic heterocycles. The molecular weight excluding hydrogens is 314 g/mol. The number of hydrogen-bond donors (Lipinski definition) is 2. The third-order valence-electron chi connectivity index (χ3n) is 3.96. The third kappa shape index (κ3) is 3.10. The summed E-state index contributed by atoms with van der Waals surface area (Å²) in [5, 5.41) is 12.6. The molecule has 0 unspecified atom stereocenters. The minimum Gasteiger partial charge on any atom is -0.504 e. The summed E-state index contributed by atoms with van der Waals surface area (Å²) >= 11 is 0. The van der Waals surface area contributed by atoms with Gasteiger partial charge in [0.15, 0.2) is 11.4 Å². The van der Waals surface area contributed by atoms with Crippen LogP contribution in [0.4, 0.5) is 0 Å². The summed E-state index contributed by atoms with van der Waals surface area (Å²) in [5.41, 5.74) is -0.509. The van der Waals surface area contributed by atoms with E-state index in [0.717, 1.165) is 4.40 Å². The van der Waals surface area contributed by atoms with Gasteiger partial charge < -0.3 is 19.9 Å². The molecule has 0 aliphatic carbocycles. The molecule has 2 atom stereocenters. The van der Waals surface area contributed by atoms with Crippen molar-refractivity contribution in [2.75, 3.05) is 19.8 Å². The molecule has 3 rings (SSSR count). The van der Waals surface area contributed by atoms with Crippen LogP contribution in [-0.2, 0) is 9.47 Å². The standard InChI is InChI=1S/C16H19N3O5/c1-2-24-13-9-23-7-5-11(13)18-15(21)10-8-17-14-12(20)4-3-6-19(14)16(10)22/h3-4,6,8,11,13,20H,2,5,7,9H2,1H3,(H,18,21)/t11-,13-/m1/s1. The SMILES string of the molecule is CCO[C@@H]1COCC[C@H]1NC(=O)c1cnc2c(O)cccn2c1=O. The number of amides is 1. The summed E-state index contributed by atoms with van der Waals surface area (Å²) < 4.78 is 12.1. The molecular formula is C16H19N3O5. The highest BCUT2D eigenvalue weighted by Crippen LogP contribution is 2.14. The number of hydrogen-bond acceptors (Lipinski definition) is 6. The number of pyridine rings is 1. The number of nitrogens with zero attached hydrogens (tertiary/aromatic N) is 2. The van der Waals surface area contributed by atoms with Gasteiger partial charge in [0, 0.05) is 25.6 Å². The topological polar surface area (TPSA) is 102 Å². The lowest BCUT2D eigenvalue weighted by atomic mass is 10.1. The monoisotopic (exact) mass is 333 g/mol. The zero-order valence-electron chi connectivity index (χ0n) is 13.3. The zero-order chi connectivity index (χ0) is 17.1. The molecule has 3 heterocycles. The Morgan fingerprint density at radius 1 is 1.58 bits per heavy atom. The van der Waals surface area contributed by atoms with Crippen molar-refractivity contribution in [1.82, 2.24) is 14.7 Å². The molecule has 1 fully saturated rings. The van der Waals surface area contributed by atoms with Crippen LogP contribution in [0.3, 0.4) is 0 Å². The second-order valence-electron chi connectivity index (χ2n) is 5.50. The predicted molar refractivity (Wildman–Crippen MR) is 85.2 cm³/mol. The van der Waals surface area contributed by atoms with Crippen LogP contribution >= 0.6 is 0 Å². The van der Waals surface area contributed by atoms with Gasteiger partial charge in [0.05, 0.1) is 12.6 Å². The van der Waals surface area contributed by atoms with Crippen molar-refractivity contribution >= 4 is 11.6 Å². The van der Waals surface area contributed by atoms with Gasteiger partial charge in [-0.3, -0.25) is 14.0 Å². The first-order valence-electron chi connectivity index (χ1n) is 7.81. The minimum atomic E-state index is -0.534. The number of carbonyl (C=O) groups excluding carboxylic acids is 1. The fourth-order valence-corrected chi connectivity index (χ4v) is 2.75. The Labute approximate surface area is 138 Å². The zero-order valence-corrected chi connectivity index (χ0v) is 13.3. The molecule has 0 aromatic carbocycles. The molecule has 24 heavy (non-hydrogen) atoms. The molecule has 1 aliphatic rings. The van der Waals surface area contributed by atoms with Crippen LogP contribution in [0.15, 0.2) is 29.3 Å². The average Bonchev–Trinajstić information content (AvgIpc) is 2.58. The average molecular weight is 333 g/mol. The van der Waals surface area contributed by atoms with Crippen LogP contribution in [0.1, 0.15) is 23.7 Å². The smallest absolute Gasteiger partial charge is 0.270 e. The van der Waals surface area contributed by atoms with Gasteiger partial charge in [-0.15, -0.1) is 0 Å². The second-order valence-corrected chi connectivity index (χ2v) is 5.50. The molecule has 0 spiro atoms. The van der Waals surface area contributed by atoms with Gasteiger partial charge in [0.25, 0.3) is 11.5 Å². The summed E-state index contributed by atoms with van der Waals surface area (Å²) in [7, 11) is 0. The number of nitrogens with one attached hydrogen (secondary N) is 1. The van der Waals surface area contributed by atoms with E-state index in [1.165, 1.54) is 24.5 Å². The lowest BCUT2D eigenvalue weighted by molar-refractivity contribution is -0.0632. The number of aromatic nitrogens is 2. The first kappa shape index (κ1) is 16.4. The fourth-order valence-electron chi connectivity index (χ4n) is 2.75. The number of aromatic hydroxyl groups is 1. The maximum atomic E-state index is 12.5. The largest absolute Gasteiger partial charge is 0.504 e. The number of fused-ring (bicyclic) bond motifs is 1. The van der Waals surface area contributed by atoms with Gasteiger partial charge in [-0.05, 0) is 25.5 Å². The van der Waals surface area contributed by atoms with E-state index in [-0.39, 0.29) is 29.1 Å². The summed E-state index contributed by atoms with van der Waals surface area (Å²) in [6.07, 6.45) is 3.01. The van der Waals surface area contributed by atoms with Crippen molar-refractivity contribution < 1.29 is 19.4 Å². The Balaban J connectivity index is 1.86. The molecule has 0 bridgehead atoms. The molecule has 2 aromatic rings. The molecule has 0 radical (unpaired) electrons. The maximum absolute atomic E-state index is 12.5. The fraction of sp³-hybridized carbons (Fsp3) is 0.438. The molecule has 2 N–H and O–H groups in total. The van der Waals surface area contributed by atoms with Crippen molar-refractivity contribution in [1.29, 1.82) is 0 Å². The van der Waals surface area contributed by atoms with Crippen LogP contribution in [0.2, 0.25) is 0 Å². The lowest BCUT2D eigenvalue weighted by Gasteiger charge is -2.31. The van der Waals surface area contributed by atoms with Gasteiger partial charge in [-0.2, -0.15) is 0 Å². The minimum absolute atomic E-state index is 0.0835. The van der Waals surface area contributed by atoms with Crippen LogP contribution in [-0.4, -0.2) is 52.4 Å². The van der Waals surface area contributed by atoms with E-state index in [0.29, 0.717) is 26.2 Å². The van der Waals surface area contributed by atoms with Crippen molar-refractivity contribution in [3.63, 3.8) is 0 Å². The first-order chi connectivity index (χ1) is 11.6. The molecule has 1 aliphatic heterocycles. The predicted octanol–water partition coefficient (Wildman–Crippen LogP) is 0.324. The summed E-state index contributed by atoms with van der Waals surface area (Å²) in [6, 6.07) is 2.71. The molecule has 1 amide bonds. The van der Waals surface area contributed by atoms with Gasteiger partial charge in [-0.1, -0.05) is 0 Å². The van der Waals surface area contributed by atoms with E-state index < -0.39 is 11.5 Å². The molecule has 0 saturated carbocycles. The Bertz CT molecular complexity index is 802. The lowest BCUT2D eigenvalue weighted by Crippen LogP contribution is -2.50. The number of rotatable bonds is 4. The van der Waals surface area contributed by atoms with E-state index in [9.17, 15) is 14.7 Å². The first-order valence-corrected chi connectivity index (χ1v) is 7.81. The highest BCUT2D eigenvalue weighted by molar-refractivity contribution is 5.94. The normalized spacial score (nSPS) is 20.9. The molecule has 128 valence electrons. The van der Waals surface area contributed by atoms with E-state index in [1.54, 1.807) is 0 Å². The Morgan fingerprint density at radius 2 is 2.42 bits per heavy atom. The van der Waals surface area contributed by atoms with Crippen molar-refractivity contribution in [3.8, 4) is 5.75 Å². The second kappa shape index (κ2) is 6.98. The van der Waals surface area contributed by atoms with E-state index >= 15 is 0 Å². The van der Waals surface area contributed by atoms with Gasteiger partial charge >= 0.3 is 0 Å². The quantitative estimate of drug-likeness (QED) is 0.836. The highest BCUT2D eigenvalue weighted by atomic mass is 16.5. The Hall–Kier alpha value is -2.45. The summed E-state index contributed by atoms with van der Waals surface area (Å²) in [5.74, 6) is -0.635. The van der Waals surface area contributed by atoms with E-state index in [2.05, 4.69) is 10.3 Å². The number of ether oxygens (including phenoxy) is 2.